The molecule has 5 heteroatoms. The Bertz CT molecular complexity index is 970. The van der Waals surface area contributed by atoms with Crippen molar-refractivity contribution in [3.8, 4) is 11.1 Å². The average Bonchev–Trinajstić information content (AvgIpc) is 2.85. The molecule has 2 aromatic carbocycles. The summed E-state index contributed by atoms with van der Waals surface area (Å²) in [5.41, 5.74) is 5.96. The number of hydrogen-bond acceptors (Lipinski definition) is 5. The second-order valence-corrected chi connectivity index (χ2v) is 8.31. The van der Waals surface area contributed by atoms with E-state index in [1.165, 1.54) is 5.56 Å². The highest BCUT2D eigenvalue weighted by Crippen LogP contribution is 2.40. The van der Waals surface area contributed by atoms with Gasteiger partial charge in [-0.15, -0.1) is 0 Å². The van der Waals surface area contributed by atoms with Crippen LogP contribution in [-0.4, -0.2) is 31.1 Å². The van der Waals surface area contributed by atoms with Crippen molar-refractivity contribution in [2.24, 2.45) is 0 Å². The predicted octanol–water partition coefficient (Wildman–Crippen LogP) is 5.86. The van der Waals surface area contributed by atoms with Crippen LogP contribution in [0.2, 0.25) is 0 Å². The van der Waals surface area contributed by atoms with Gasteiger partial charge in [0, 0.05) is 18.4 Å². The Balaban J connectivity index is 1.33. The smallest absolute Gasteiger partial charge is 0.333 e. The molecular formula is C27H30O5. The van der Waals surface area contributed by atoms with Gasteiger partial charge < -0.3 is 9.47 Å². The van der Waals surface area contributed by atoms with Gasteiger partial charge in [0.1, 0.15) is 6.10 Å². The molecule has 5 nitrogen and oxygen atoms in total. The summed E-state index contributed by atoms with van der Waals surface area (Å²) in [7, 11) is 0. The first kappa shape index (κ1) is 22.5. The van der Waals surface area contributed by atoms with Crippen LogP contribution in [0.1, 0.15) is 45.1 Å². The first-order valence-electron chi connectivity index (χ1n) is 11.2. The van der Waals surface area contributed by atoms with Crippen LogP contribution in [0, 0.1) is 0 Å². The molecule has 2 fully saturated rings. The molecule has 32 heavy (non-hydrogen) atoms. The fraction of sp³-hybridized carbons (Fsp3) is 0.370. The molecule has 1 saturated heterocycles. The third-order valence-corrected chi connectivity index (χ3v) is 6.29. The lowest BCUT2D eigenvalue weighted by atomic mass is 9.87. The Hall–Kier alpha value is -2.73. The zero-order valence-electron chi connectivity index (χ0n) is 18.8. The van der Waals surface area contributed by atoms with E-state index in [9.17, 15) is 4.79 Å². The number of benzene rings is 2. The molecule has 2 aromatic rings. The second kappa shape index (κ2) is 9.82. The monoisotopic (exact) mass is 434 g/mol. The van der Waals surface area contributed by atoms with Crippen molar-refractivity contribution >= 4 is 11.5 Å². The fourth-order valence-corrected chi connectivity index (χ4v) is 4.20. The quantitative estimate of drug-likeness (QED) is 0.335. The van der Waals surface area contributed by atoms with Crippen LogP contribution >= 0.6 is 0 Å². The predicted molar refractivity (Wildman–Crippen MR) is 123 cm³/mol. The zero-order valence-corrected chi connectivity index (χ0v) is 18.8. The lowest BCUT2D eigenvalue weighted by Crippen LogP contribution is -2.46. The summed E-state index contributed by atoms with van der Waals surface area (Å²) in [5.74, 6) is -0.998. The number of carbonyl (C=O) groups is 1. The Morgan fingerprint density at radius 2 is 1.72 bits per heavy atom. The Morgan fingerprint density at radius 3 is 2.31 bits per heavy atom. The molecule has 0 N–H and O–H groups in total. The normalized spacial score (nSPS) is 23.1. The first-order valence-corrected chi connectivity index (χ1v) is 11.2. The van der Waals surface area contributed by atoms with E-state index in [0.717, 1.165) is 35.1 Å². The minimum Gasteiger partial charge on any atom is -0.463 e. The van der Waals surface area contributed by atoms with E-state index in [2.05, 4.69) is 30.8 Å². The van der Waals surface area contributed by atoms with Crippen molar-refractivity contribution in [2.45, 2.75) is 51.4 Å². The molecule has 0 amide bonds. The van der Waals surface area contributed by atoms with Crippen molar-refractivity contribution in [1.29, 1.82) is 0 Å². The third-order valence-electron chi connectivity index (χ3n) is 6.29. The van der Waals surface area contributed by atoms with Crippen LogP contribution in [0.25, 0.3) is 16.7 Å². The van der Waals surface area contributed by atoms with Gasteiger partial charge in [-0.25, -0.2) is 14.6 Å². The summed E-state index contributed by atoms with van der Waals surface area (Å²) in [6.07, 6.45) is 2.37. The minimum atomic E-state index is -0.758. The van der Waals surface area contributed by atoms with Crippen molar-refractivity contribution in [3.05, 3.63) is 77.9 Å². The number of esters is 1. The molecule has 1 aliphatic heterocycles. The summed E-state index contributed by atoms with van der Waals surface area (Å²) < 4.78 is 11.3. The molecule has 0 radical (unpaired) electrons. The van der Waals surface area contributed by atoms with Gasteiger partial charge in [-0.3, -0.25) is 0 Å². The first-order chi connectivity index (χ1) is 15.5. The summed E-state index contributed by atoms with van der Waals surface area (Å²) in [6.45, 7) is 8.62. The number of ether oxygens (including phenoxy) is 2. The summed E-state index contributed by atoms with van der Waals surface area (Å²) >= 11 is 0. The molecule has 4 rings (SSSR count). The number of allylic oxidation sites excluding steroid dienone is 1. The molecule has 0 bridgehead atoms. The van der Waals surface area contributed by atoms with E-state index in [1.807, 2.05) is 44.2 Å². The van der Waals surface area contributed by atoms with E-state index >= 15 is 0 Å². The minimum absolute atomic E-state index is 0.241. The zero-order chi connectivity index (χ0) is 22.6. The number of rotatable bonds is 5. The maximum absolute atomic E-state index is 12.0. The van der Waals surface area contributed by atoms with Crippen molar-refractivity contribution in [3.63, 3.8) is 0 Å². The highest BCUT2D eigenvalue weighted by atomic mass is 17.2. The Kier molecular flexibility index (Phi) is 6.89. The van der Waals surface area contributed by atoms with Gasteiger partial charge in [0.25, 0.3) is 0 Å². The van der Waals surface area contributed by atoms with Crippen LogP contribution in [0.5, 0.6) is 0 Å². The van der Waals surface area contributed by atoms with Crippen LogP contribution in [0.15, 0.2) is 72.3 Å². The maximum atomic E-state index is 12.0. The van der Waals surface area contributed by atoms with Gasteiger partial charge in [0.2, 0.25) is 5.79 Å². The van der Waals surface area contributed by atoms with E-state index in [-0.39, 0.29) is 12.1 Å². The molecular weight excluding hydrogens is 404 g/mol. The van der Waals surface area contributed by atoms with Gasteiger partial charge in [0.15, 0.2) is 0 Å². The summed E-state index contributed by atoms with van der Waals surface area (Å²) in [6, 6.07) is 18.5. The van der Waals surface area contributed by atoms with Crippen molar-refractivity contribution in [1.82, 2.24) is 0 Å². The van der Waals surface area contributed by atoms with E-state index in [1.54, 1.807) is 0 Å². The van der Waals surface area contributed by atoms with E-state index < -0.39 is 5.79 Å². The Labute approximate surface area is 189 Å². The third kappa shape index (κ3) is 4.85. The average molecular weight is 435 g/mol. The summed E-state index contributed by atoms with van der Waals surface area (Å²) in [5, 5.41) is 0. The van der Waals surface area contributed by atoms with Gasteiger partial charge >= 0.3 is 5.97 Å². The SMILES string of the molecule is C=C(c1ccc(-c2ccccc2)cc1)C1COC2(CCC(=C(C)C(=O)OCC)CC2)OO1. The molecule has 1 saturated carbocycles. The van der Waals surface area contributed by atoms with Gasteiger partial charge in [-0.05, 0) is 49.0 Å². The van der Waals surface area contributed by atoms with Crippen LogP contribution in [0.4, 0.5) is 0 Å². The summed E-state index contributed by atoms with van der Waals surface area (Å²) in [4.78, 5) is 23.5. The Morgan fingerprint density at radius 1 is 1.06 bits per heavy atom. The van der Waals surface area contributed by atoms with Crippen LogP contribution < -0.4 is 0 Å². The molecule has 2 aliphatic rings. The topological polar surface area (TPSA) is 54.0 Å². The van der Waals surface area contributed by atoms with Crippen LogP contribution in [-0.2, 0) is 24.0 Å². The molecule has 168 valence electrons. The molecule has 1 spiro atoms. The maximum Gasteiger partial charge on any atom is 0.333 e. The molecule has 1 heterocycles. The molecule has 1 atom stereocenters. The van der Waals surface area contributed by atoms with E-state index in [0.29, 0.717) is 31.6 Å². The highest BCUT2D eigenvalue weighted by molar-refractivity contribution is 5.88. The number of carbonyl (C=O) groups excluding carboxylic acids is 1. The largest absolute Gasteiger partial charge is 0.463 e. The van der Waals surface area contributed by atoms with Gasteiger partial charge in [0.05, 0.1) is 13.2 Å². The standard InChI is InChI=1S/C27H30O5/c1-4-29-26(28)20(3)22-14-16-27(17-15-22)30-18-25(31-32-27)19(2)21-10-12-24(13-11-21)23-8-6-5-7-9-23/h5-13,25H,2,4,14-18H2,1,3H3. The second-order valence-electron chi connectivity index (χ2n) is 8.31. The van der Waals surface area contributed by atoms with Gasteiger partial charge in [-0.1, -0.05) is 66.7 Å². The fourth-order valence-electron chi connectivity index (χ4n) is 4.20. The van der Waals surface area contributed by atoms with Crippen LogP contribution in [0.3, 0.4) is 0 Å². The van der Waals surface area contributed by atoms with Crippen molar-refractivity contribution in [2.75, 3.05) is 13.2 Å². The lowest BCUT2D eigenvalue weighted by Gasteiger charge is -2.42. The van der Waals surface area contributed by atoms with Crippen molar-refractivity contribution < 1.29 is 24.0 Å². The number of hydrogen-bond donors (Lipinski definition) is 0. The van der Waals surface area contributed by atoms with E-state index in [4.69, 9.17) is 19.2 Å². The molecule has 0 aromatic heterocycles. The highest BCUT2D eigenvalue weighted by Gasteiger charge is 2.42. The molecule has 1 unspecified atom stereocenters. The molecule has 1 aliphatic carbocycles. The lowest BCUT2D eigenvalue weighted by molar-refractivity contribution is -0.482. The van der Waals surface area contributed by atoms with Gasteiger partial charge in [-0.2, -0.15) is 0 Å².